The number of amides is 1. The van der Waals surface area contributed by atoms with E-state index in [4.69, 9.17) is 13.9 Å². The van der Waals surface area contributed by atoms with E-state index < -0.39 is 0 Å². The van der Waals surface area contributed by atoms with Gasteiger partial charge in [-0.3, -0.25) is 4.79 Å². The smallest absolute Gasteiger partial charge is 0.277 e. The van der Waals surface area contributed by atoms with Gasteiger partial charge in [0.25, 0.3) is 5.22 Å². The molecule has 1 fully saturated rings. The number of rotatable bonds is 7. The fourth-order valence-corrected chi connectivity index (χ4v) is 4.66. The van der Waals surface area contributed by atoms with Crippen molar-refractivity contribution in [2.45, 2.75) is 42.2 Å². The molecule has 28 heavy (non-hydrogen) atoms. The molecule has 2 heterocycles. The van der Waals surface area contributed by atoms with Gasteiger partial charge < -0.3 is 19.2 Å². The number of fused-ring (bicyclic) bond motifs is 1. The third kappa shape index (κ3) is 4.25. The molecule has 0 spiro atoms. The van der Waals surface area contributed by atoms with Gasteiger partial charge in [0.15, 0.2) is 11.5 Å². The molecule has 0 atom stereocenters. The van der Waals surface area contributed by atoms with E-state index in [1.54, 1.807) is 11.8 Å². The molecule has 1 aliphatic heterocycles. The van der Waals surface area contributed by atoms with E-state index >= 15 is 0 Å². The van der Waals surface area contributed by atoms with Gasteiger partial charge in [0, 0.05) is 0 Å². The molecule has 1 aliphatic carbocycles. The minimum absolute atomic E-state index is 0.0357. The highest BCUT2D eigenvalue weighted by molar-refractivity contribution is 7.99. The lowest BCUT2D eigenvalue weighted by molar-refractivity contribution is -0.120. The molecule has 4 rings (SSSR count). The fraction of sp³-hybridized carbons (Fsp3) is 0.526. The van der Waals surface area contributed by atoms with Crippen LogP contribution in [0.1, 0.15) is 37.1 Å². The van der Waals surface area contributed by atoms with E-state index in [0.717, 1.165) is 42.7 Å². The van der Waals surface area contributed by atoms with Crippen molar-refractivity contribution in [3.05, 3.63) is 29.7 Å². The molecule has 0 saturated heterocycles. The van der Waals surface area contributed by atoms with Crippen molar-refractivity contribution in [1.82, 2.24) is 15.5 Å². The van der Waals surface area contributed by atoms with Gasteiger partial charge >= 0.3 is 0 Å². The van der Waals surface area contributed by atoms with Gasteiger partial charge in [-0.15, -0.1) is 10.2 Å². The van der Waals surface area contributed by atoms with Gasteiger partial charge in [0.05, 0.1) is 17.0 Å². The van der Waals surface area contributed by atoms with Gasteiger partial charge in [-0.2, -0.15) is 11.8 Å². The van der Waals surface area contributed by atoms with E-state index in [9.17, 15) is 4.79 Å². The molecule has 1 aromatic carbocycles. The predicted molar refractivity (Wildman–Crippen MR) is 108 cm³/mol. The standard InChI is InChI=1S/C19H23N3O4S2/c1-27-12-17-21-22-18(26-17)28-11-16(23)20-19(6-2-3-7-19)13-4-5-14-15(10-13)25-9-8-24-14/h4-5,10H,2-3,6-9,11-12H2,1H3,(H,20,23). The maximum atomic E-state index is 12.7. The number of nitrogens with zero attached hydrogens (tertiary/aromatic N) is 2. The average Bonchev–Trinajstić information content (AvgIpc) is 3.37. The van der Waals surface area contributed by atoms with Crippen LogP contribution in [-0.4, -0.2) is 41.3 Å². The maximum absolute atomic E-state index is 12.7. The number of carbonyl (C=O) groups is 1. The monoisotopic (exact) mass is 421 g/mol. The highest BCUT2D eigenvalue weighted by Gasteiger charge is 2.37. The normalized spacial score (nSPS) is 17.5. The molecule has 1 saturated carbocycles. The molecule has 2 aromatic rings. The molecule has 2 aliphatic rings. The molecule has 0 bridgehead atoms. The summed E-state index contributed by atoms with van der Waals surface area (Å²) in [5, 5.41) is 11.7. The van der Waals surface area contributed by atoms with Gasteiger partial charge in [0.2, 0.25) is 11.8 Å². The zero-order valence-electron chi connectivity index (χ0n) is 15.7. The summed E-state index contributed by atoms with van der Waals surface area (Å²) >= 11 is 2.89. The van der Waals surface area contributed by atoms with E-state index in [0.29, 0.717) is 30.1 Å². The van der Waals surface area contributed by atoms with E-state index in [2.05, 4.69) is 15.5 Å². The number of aromatic nitrogens is 2. The van der Waals surface area contributed by atoms with Crippen LogP contribution >= 0.6 is 23.5 Å². The Labute approximate surface area is 172 Å². The summed E-state index contributed by atoms with van der Waals surface area (Å²) in [5.74, 6) is 2.99. The fourth-order valence-electron chi connectivity index (χ4n) is 3.71. The zero-order valence-corrected chi connectivity index (χ0v) is 17.4. The van der Waals surface area contributed by atoms with Crippen LogP contribution < -0.4 is 14.8 Å². The lowest BCUT2D eigenvalue weighted by atomic mass is 9.87. The Balaban J connectivity index is 1.43. The topological polar surface area (TPSA) is 86.5 Å². The van der Waals surface area contributed by atoms with Crippen molar-refractivity contribution >= 4 is 29.4 Å². The number of thioether (sulfide) groups is 2. The third-order valence-electron chi connectivity index (χ3n) is 4.97. The second kappa shape index (κ2) is 8.65. The van der Waals surface area contributed by atoms with Crippen molar-refractivity contribution in [2.24, 2.45) is 0 Å². The van der Waals surface area contributed by atoms with Crippen LogP contribution in [0, 0.1) is 0 Å². The molecule has 9 heteroatoms. The Morgan fingerprint density at radius 3 is 2.75 bits per heavy atom. The first-order valence-corrected chi connectivity index (χ1v) is 11.7. The van der Waals surface area contributed by atoms with Crippen LogP contribution in [0.4, 0.5) is 0 Å². The molecule has 0 unspecified atom stereocenters. The van der Waals surface area contributed by atoms with E-state index in [1.807, 2.05) is 24.5 Å². The summed E-state index contributed by atoms with van der Waals surface area (Å²) in [6.07, 6.45) is 5.99. The number of ether oxygens (including phenoxy) is 2. The Morgan fingerprint density at radius 2 is 1.96 bits per heavy atom. The van der Waals surface area contributed by atoms with Gasteiger partial charge in [-0.05, 0) is 36.8 Å². The molecule has 150 valence electrons. The Kier molecular flexibility index (Phi) is 6.01. The molecule has 1 aromatic heterocycles. The number of carbonyl (C=O) groups excluding carboxylic acids is 1. The first kappa shape index (κ1) is 19.4. The number of nitrogens with one attached hydrogen (secondary N) is 1. The minimum Gasteiger partial charge on any atom is -0.486 e. The summed E-state index contributed by atoms with van der Waals surface area (Å²) in [6.45, 7) is 1.12. The average molecular weight is 422 g/mol. The molecule has 1 amide bonds. The highest BCUT2D eigenvalue weighted by atomic mass is 32.2. The van der Waals surface area contributed by atoms with E-state index in [-0.39, 0.29) is 17.2 Å². The van der Waals surface area contributed by atoms with Gasteiger partial charge in [0.1, 0.15) is 13.2 Å². The van der Waals surface area contributed by atoms with E-state index in [1.165, 1.54) is 11.8 Å². The molecular weight excluding hydrogens is 398 g/mol. The van der Waals surface area contributed by atoms with Crippen molar-refractivity contribution in [3.8, 4) is 11.5 Å². The second-order valence-corrected chi connectivity index (χ2v) is 8.67. The number of benzene rings is 1. The van der Waals surface area contributed by atoms with Crippen molar-refractivity contribution in [1.29, 1.82) is 0 Å². The summed E-state index contributed by atoms with van der Waals surface area (Å²) in [7, 11) is 0. The van der Waals surface area contributed by atoms with Crippen molar-refractivity contribution < 1.29 is 18.7 Å². The Hall–Kier alpha value is -1.87. The third-order valence-corrected chi connectivity index (χ3v) is 6.33. The lowest BCUT2D eigenvalue weighted by Gasteiger charge is -2.32. The van der Waals surface area contributed by atoms with Crippen LogP contribution in [0.2, 0.25) is 0 Å². The summed E-state index contributed by atoms with van der Waals surface area (Å²) in [5.41, 5.74) is 0.722. The van der Waals surface area contributed by atoms with Crippen LogP contribution in [0.3, 0.4) is 0 Å². The van der Waals surface area contributed by atoms with Gasteiger partial charge in [-0.25, -0.2) is 0 Å². The van der Waals surface area contributed by atoms with Crippen LogP contribution in [0.25, 0.3) is 0 Å². The molecule has 0 radical (unpaired) electrons. The highest BCUT2D eigenvalue weighted by Crippen LogP contribution is 2.42. The molecule has 7 nitrogen and oxygen atoms in total. The molecule has 1 N–H and O–H groups in total. The SMILES string of the molecule is CSCc1nnc(SCC(=O)NC2(c3ccc4c(c3)OCCO4)CCCC2)o1. The Morgan fingerprint density at radius 1 is 1.18 bits per heavy atom. The van der Waals surface area contributed by atoms with Crippen molar-refractivity contribution in [3.63, 3.8) is 0 Å². The maximum Gasteiger partial charge on any atom is 0.277 e. The minimum atomic E-state index is -0.355. The quantitative estimate of drug-likeness (QED) is 0.681. The first-order valence-electron chi connectivity index (χ1n) is 9.34. The molecular formula is C19H23N3O4S2. The van der Waals surface area contributed by atoms with Crippen LogP contribution in [0.15, 0.2) is 27.8 Å². The zero-order chi connectivity index (χ0) is 19.4. The van der Waals surface area contributed by atoms with Gasteiger partial charge in [-0.1, -0.05) is 30.7 Å². The number of hydrogen-bond donors (Lipinski definition) is 1. The lowest BCUT2D eigenvalue weighted by Crippen LogP contribution is -2.44. The summed E-state index contributed by atoms with van der Waals surface area (Å²) in [4.78, 5) is 12.7. The van der Waals surface area contributed by atoms with Crippen LogP contribution in [0.5, 0.6) is 11.5 Å². The van der Waals surface area contributed by atoms with Crippen LogP contribution in [-0.2, 0) is 16.1 Å². The largest absolute Gasteiger partial charge is 0.486 e. The number of hydrogen-bond acceptors (Lipinski definition) is 8. The Bertz CT molecular complexity index is 836. The van der Waals surface area contributed by atoms with Crippen molar-refractivity contribution in [2.75, 3.05) is 25.2 Å². The first-order chi connectivity index (χ1) is 13.7. The predicted octanol–water partition coefficient (Wildman–Crippen LogP) is 3.38. The summed E-state index contributed by atoms with van der Waals surface area (Å²) < 4.78 is 16.9. The second-order valence-electron chi connectivity index (χ2n) is 6.88. The summed E-state index contributed by atoms with van der Waals surface area (Å²) in [6, 6.07) is 6.00.